The van der Waals surface area contributed by atoms with Crippen molar-refractivity contribution in [3.8, 4) is 0 Å². The van der Waals surface area contributed by atoms with E-state index in [1.54, 1.807) is 0 Å². The SMILES string of the molecule is c1cc2cc(CN3CCC4(CCCO4)CC3)ccn2n1. The predicted molar refractivity (Wildman–Crippen MR) is 77.6 cm³/mol. The molecule has 4 heterocycles. The average Bonchev–Trinajstić information content (AvgIpc) is 3.11. The molecule has 0 N–H and O–H groups in total. The van der Waals surface area contributed by atoms with Crippen LogP contribution in [0.25, 0.3) is 5.52 Å². The summed E-state index contributed by atoms with van der Waals surface area (Å²) in [6.07, 6.45) is 8.81. The van der Waals surface area contributed by atoms with Gasteiger partial charge in [0.2, 0.25) is 0 Å². The third-order valence-corrected chi connectivity index (χ3v) is 4.82. The molecule has 2 saturated heterocycles. The summed E-state index contributed by atoms with van der Waals surface area (Å²) in [7, 11) is 0. The van der Waals surface area contributed by atoms with E-state index in [1.807, 2.05) is 10.7 Å². The maximum absolute atomic E-state index is 5.99. The first-order valence-corrected chi connectivity index (χ1v) is 7.62. The smallest absolute Gasteiger partial charge is 0.0707 e. The summed E-state index contributed by atoms with van der Waals surface area (Å²) in [5.41, 5.74) is 2.78. The molecule has 0 atom stereocenters. The summed E-state index contributed by atoms with van der Waals surface area (Å²) in [5, 5.41) is 4.24. The fourth-order valence-electron chi connectivity index (χ4n) is 3.59. The predicted octanol–water partition coefficient (Wildman–Crippen LogP) is 2.48. The lowest BCUT2D eigenvalue weighted by atomic mass is 9.88. The van der Waals surface area contributed by atoms with Crippen LogP contribution in [0.15, 0.2) is 30.6 Å². The van der Waals surface area contributed by atoms with Gasteiger partial charge in [0, 0.05) is 38.6 Å². The number of fused-ring (bicyclic) bond motifs is 1. The summed E-state index contributed by atoms with van der Waals surface area (Å²) in [6.45, 7) is 4.32. The molecule has 106 valence electrons. The molecule has 0 aromatic carbocycles. The van der Waals surface area contributed by atoms with Crippen LogP contribution in [-0.4, -0.2) is 39.8 Å². The molecule has 2 aliphatic heterocycles. The molecule has 4 rings (SSSR count). The molecule has 2 aromatic heterocycles. The Morgan fingerprint density at radius 2 is 2.10 bits per heavy atom. The van der Waals surface area contributed by atoms with Gasteiger partial charge in [0.1, 0.15) is 0 Å². The maximum Gasteiger partial charge on any atom is 0.0707 e. The van der Waals surface area contributed by atoms with Crippen molar-refractivity contribution in [1.82, 2.24) is 14.5 Å². The Hall–Kier alpha value is -1.39. The summed E-state index contributed by atoms with van der Waals surface area (Å²) in [6, 6.07) is 6.47. The van der Waals surface area contributed by atoms with Crippen molar-refractivity contribution in [1.29, 1.82) is 0 Å². The summed E-state index contributed by atoms with van der Waals surface area (Å²) in [4.78, 5) is 2.55. The van der Waals surface area contributed by atoms with Gasteiger partial charge >= 0.3 is 0 Å². The van der Waals surface area contributed by atoms with Gasteiger partial charge in [-0.2, -0.15) is 5.10 Å². The zero-order chi connectivity index (χ0) is 13.4. The molecule has 0 saturated carbocycles. The van der Waals surface area contributed by atoms with E-state index in [-0.39, 0.29) is 5.60 Å². The van der Waals surface area contributed by atoms with Gasteiger partial charge in [-0.1, -0.05) is 0 Å². The van der Waals surface area contributed by atoms with Crippen LogP contribution >= 0.6 is 0 Å². The molecule has 1 spiro atoms. The number of likely N-dealkylation sites (tertiary alicyclic amines) is 1. The van der Waals surface area contributed by atoms with Crippen molar-refractivity contribution in [3.05, 3.63) is 36.2 Å². The third-order valence-electron chi connectivity index (χ3n) is 4.82. The van der Waals surface area contributed by atoms with Crippen molar-refractivity contribution in [2.75, 3.05) is 19.7 Å². The fraction of sp³-hybridized carbons (Fsp3) is 0.562. The molecular weight excluding hydrogens is 250 g/mol. The van der Waals surface area contributed by atoms with E-state index in [1.165, 1.54) is 36.8 Å². The van der Waals surface area contributed by atoms with E-state index in [4.69, 9.17) is 4.74 Å². The Morgan fingerprint density at radius 3 is 2.90 bits per heavy atom. The van der Waals surface area contributed by atoms with Crippen LogP contribution < -0.4 is 0 Å². The number of rotatable bonds is 2. The van der Waals surface area contributed by atoms with Crippen molar-refractivity contribution < 1.29 is 4.74 Å². The van der Waals surface area contributed by atoms with Crippen LogP contribution in [0.1, 0.15) is 31.2 Å². The van der Waals surface area contributed by atoms with Gasteiger partial charge in [0.15, 0.2) is 0 Å². The van der Waals surface area contributed by atoms with Gasteiger partial charge in [-0.05, 0) is 49.4 Å². The normalized spacial score (nSPS) is 22.8. The second kappa shape index (κ2) is 4.86. The van der Waals surface area contributed by atoms with Gasteiger partial charge in [0.05, 0.1) is 11.1 Å². The Labute approximate surface area is 119 Å². The van der Waals surface area contributed by atoms with E-state index in [2.05, 4.69) is 34.4 Å². The molecular formula is C16H21N3O. The van der Waals surface area contributed by atoms with E-state index in [0.717, 1.165) is 26.2 Å². The maximum atomic E-state index is 5.99. The first-order chi connectivity index (χ1) is 9.83. The number of aromatic nitrogens is 2. The van der Waals surface area contributed by atoms with Gasteiger partial charge in [0.25, 0.3) is 0 Å². The quantitative estimate of drug-likeness (QED) is 0.840. The molecule has 4 heteroatoms. The highest BCUT2D eigenvalue weighted by Gasteiger charge is 2.38. The topological polar surface area (TPSA) is 29.8 Å². The lowest BCUT2D eigenvalue weighted by Crippen LogP contribution is -2.43. The lowest BCUT2D eigenvalue weighted by molar-refractivity contribution is -0.0447. The number of pyridine rings is 1. The van der Waals surface area contributed by atoms with Gasteiger partial charge in [-0.3, -0.25) is 4.90 Å². The van der Waals surface area contributed by atoms with Crippen LogP contribution in [0.2, 0.25) is 0 Å². The van der Waals surface area contributed by atoms with Crippen molar-refractivity contribution in [2.24, 2.45) is 0 Å². The molecule has 0 unspecified atom stereocenters. The number of nitrogens with zero attached hydrogens (tertiary/aromatic N) is 3. The number of ether oxygens (including phenoxy) is 1. The van der Waals surface area contributed by atoms with E-state index in [0.29, 0.717) is 0 Å². The van der Waals surface area contributed by atoms with Gasteiger partial charge in [-0.15, -0.1) is 0 Å². The minimum atomic E-state index is 0.228. The van der Waals surface area contributed by atoms with Crippen molar-refractivity contribution in [2.45, 2.75) is 37.8 Å². The monoisotopic (exact) mass is 271 g/mol. The number of hydrogen-bond donors (Lipinski definition) is 0. The molecule has 0 bridgehead atoms. The molecule has 2 aliphatic rings. The molecule has 0 amide bonds. The van der Waals surface area contributed by atoms with Crippen LogP contribution in [0.4, 0.5) is 0 Å². The Balaban J connectivity index is 1.42. The lowest BCUT2D eigenvalue weighted by Gasteiger charge is -2.38. The second-order valence-corrected chi connectivity index (χ2v) is 6.15. The van der Waals surface area contributed by atoms with Gasteiger partial charge in [-0.25, -0.2) is 4.52 Å². The Bertz CT molecular complexity index is 591. The highest BCUT2D eigenvalue weighted by atomic mass is 16.5. The molecule has 0 radical (unpaired) electrons. The third kappa shape index (κ3) is 2.23. The largest absolute Gasteiger partial charge is 0.375 e. The highest BCUT2D eigenvalue weighted by Crippen LogP contribution is 2.35. The first kappa shape index (κ1) is 12.4. The highest BCUT2D eigenvalue weighted by molar-refractivity contribution is 5.47. The molecule has 20 heavy (non-hydrogen) atoms. The number of hydrogen-bond acceptors (Lipinski definition) is 3. The average molecular weight is 271 g/mol. The van der Waals surface area contributed by atoms with Crippen LogP contribution in [0.3, 0.4) is 0 Å². The minimum Gasteiger partial charge on any atom is -0.375 e. The summed E-state index contributed by atoms with van der Waals surface area (Å²) in [5.74, 6) is 0. The first-order valence-electron chi connectivity index (χ1n) is 7.62. The molecule has 4 nitrogen and oxygen atoms in total. The zero-order valence-corrected chi connectivity index (χ0v) is 11.8. The van der Waals surface area contributed by atoms with Crippen molar-refractivity contribution >= 4 is 5.52 Å². The Kier molecular flexibility index (Phi) is 3.00. The Morgan fingerprint density at radius 1 is 1.20 bits per heavy atom. The zero-order valence-electron chi connectivity index (χ0n) is 11.8. The van der Waals surface area contributed by atoms with Gasteiger partial charge < -0.3 is 4.74 Å². The minimum absolute atomic E-state index is 0.228. The van der Waals surface area contributed by atoms with Crippen LogP contribution in [-0.2, 0) is 11.3 Å². The fourth-order valence-corrected chi connectivity index (χ4v) is 3.59. The summed E-state index contributed by atoms with van der Waals surface area (Å²) < 4.78 is 7.91. The second-order valence-electron chi connectivity index (χ2n) is 6.15. The molecule has 0 aliphatic carbocycles. The van der Waals surface area contributed by atoms with E-state index >= 15 is 0 Å². The van der Waals surface area contributed by atoms with Crippen LogP contribution in [0, 0.1) is 0 Å². The standard InChI is InChI=1S/C16H21N3O/c1-4-16(20-11-1)5-9-18(10-6-16)13-14-3-8-19-15(12-14)2-7-17-19/h2-3,7-8,12H,1,4-6,9-11,13H2. The van der Waals surface area contributed by atoms with E-state index < -0.39 is 0 Å². The molecule has 2 aromatic rings. The van der Waals surface area contributed by atoms with Crippen molar-refractivity contribution in [3.63, 3.8) is 0 Å². The molecule has 2 fully saturated rings. The summed E-state index contributed by atoms with van der Waals surface area (Å²) >= 11 is 0. The van der Waals surface area contributed by atoms with Crippen LogP contribution in [0.5, 0.6) is 0 Å². The number of piperidine rings is 1. The van der Waals surface area contributed by atoms with E-state index in [9.17, 15) is 0 Å².